The van der Waals surface area contributed by atoms with E-state index in [4.69, 9.17) is 18.0 Å². The van der Waals surface area contributed by atoms with Crippen molar-refractivity contribution in [3.8, 4) is 5.88 Å². The average Bonchev–Trinajstić information content (AvgIpc) is 1.82. The van der Waals surface area contributed by atoms with Crippen LogP contribution in [0.3, 0.4) is 0 Å². The normalized spacial score (nSPS) is 9.70. The van der Waals surface area contributed by atoms with Crippen molar-refractivity contribution in [1.29, 1.82) is 0 Å². The number of aromatic nitrogens is 2. The molecule has 0 saturated heterocycles. The van der Waals surface area contributed by atoms with Crippen LogP contribution >= 0.6 is 12.2 Å². The molecular formula is C5H6N3OS. The van der Waals surface area contributed by atoms with Crippen LogP contribution in [-0.4, -0.2) is 9.55 Å². The monoisotopic (exact) mass is 156 g/mol. The van der Waals surface area contributed by atoms with E-state index in [1.165, 1.54) is 10.6 Å². The van der Waals surface area contributed by atoms with Crippen LogP contribution in [0.2, 0.25) is 0 Å². The first-order valence-corrected chi connectivity index (χ1v) is 3.02. The number of hydrogen-bond acceptors (Lipinski definition) is 3. The zero-order valence-electron chi connectivity index (χ0n) is 5.37. The molecule has 1 aromatic rings. The quantitative estimate of drug-likeness (QED) is 0.567. The Hall–Kier alpha value is -1.10. The van der Waals surface area contributed by atoms with E-state index < -0.39 is 0 Å². The maximum Gasteiger partial charge on any atom is 0.276 e. The summed E-state index contributed by atoms with van der Waals surface area (Å²) in [6.07, 6.45) is 0. The average molecular weight is 156 g/mol. The molecule has 1 rings (SSSR count). The Balaban J connectivity index is 3.46. The van der Waals surface area contributed by atoms with Crippen molar-refractivity contribution in [2.24, 2.45) is 7.05 Å². The van der Waals surface area contributed by atoms with Crippen LogP contribution in [0.1, 0.15) is 0 Å². The third-order valence-electron chi connectivity index (χ3n) is 1.15. The van der Waals surface area contributed by atoms with E-state index in [-0.39, 0.29) is 10.7 Å². The Morgan fingerprint density at radius 3 is 2.90 bits per heavy atom. The molecule has 1 radical (unpaired) electrons. The molecule has 1 heterocycles. The summed E-state index contributed by atoms with van der Waals surface area (Å²) in [5, 5.41) is 10.6. The lowest BCUT2D eigenvalue weighted by Gasteiger charge is -2.00. The number of nitrogens with zero attached hydrogens (tertiary/aromatic N) is 2. The van der Waals surface area contributed by atoms with Gasteiger partial charge in [0.2, 0.25) is 4.77 Å². The molecule has 0 aliphatic heterocycles. The largest absolute Gasteiger partial charge is 0.385 e. The van der Waals surface area contributed by atoms with E-state index in [9.17, 15) is 5.11 Å². The number of hydrogen-bond donors (Lipinski definition) is 1. The predicted molar refractivity (Wildman–Crippen MR) is 38.6 cm³/mol. The first-order chi connectivity index (χ1) is 4.61. The van der Waals surface area contributed by atoms with Gasteiger partial charge in [-0.1, -0.05) is 0 Å². The van der Waals surface area contributed by atoms with Crippen LogP contribution in [0.25, 0.3) is 0 Å². The molecule has 0 aliphatic rings. The van der Waals surface area contributed by atoms with Crippen molar-refractivity contribution in [1.82, 2.24) is 9.55 Å². The molecule has 2 N–H and O–H groups in total. The summed E-state index contributed by atoms with van der Waals surface area (Å²) in [6.45, 7) is 0. The SMILES string of the molecule is Cn1c(N)cc([O])nc1=S. The van der Waals surface area contributed by atoms with Gasteiger partial charge in [-0.15, -0.1) is 0 Å². The minimum atomic E-state index is -0.388. The van der Waals surface area contributed by atoms with Gasteiger partial charge in [-0.25, -0.2) is 0 Å². The highest BCUT2D eigenvalue weighted by Gasteiger charge is 1.97. The smallest absolute Gasteiger partial charge is 0.276 e. The lowest BCUT2D eigenvalue weighted by Crippen LogP contribution is -2.02. The van der Waals surface area contributed by atoms with Gasteiger partial charge in [-0.05, 0) is 12.2 Å². The van der Waals surface area contributed by atoms with E-state index in [2.05, 4.69) is 4.98 Å². The van der Waals surface area contributed by atoms with Crippen molar-refractivity contribution in [2.75, 3.05) is 5.73 Å². The van der Waals surface area contributed by atoms with E-state index in [0.717, 1.165) is 0 Å². The Labute approximate surface area is 62.9 Å². The number of nitrogens with two attached hydrogens (primary N) is 1. The van der Waals surface area contributed by atoms with Gasteiger partial charge in [0.15, 0.2) is 0 Å². The molecule has 0 amide bonds. The number of rotatable bonds is 0. The standard InChI is InChI=1S/C5H6N3OS/c1-8-3(6)2-4(9)7-5(8)10/h2H,6H2,1H3. The van der Waals surface area contributed by atoms with Crippen molar-refractivity contribution in [2.45, 2.75) is 0 Å². The fraction of sp³-hybridized carbons (Fsp3) is 0.200. The summed E-state index contributed by atoms with van der Waals surface area (Å²) in [5.74, 6) is -0.0504. The Morgan fingerprint density at radius 1 is 1.80 bits per heavy atom. The number of anilines is 1. The van der Waals surface area contributed by atoms with Gasteiger partial charge < -0.3 is 10.3 Å². The first-order valence-electron chi connectivity index (χ1n) is 2.62. The van der Waals surface area contributed by atoms with Crippen LogP contribution in [0.5, 0.6) is 5.88 Å². The molecule has 0 aliphatic carbocycles. The highest BCUT2D eigenvalue weighted by molar-refractivity contribution is 7.71. The maximum absolute atomic E-state index is 10.6. The molecule has 0 atom stereocenters. The van der Waals surface area contributed by atoms with Crippen molar-refractivity contribution in [3.63, 3.8) is 0 Å². The highest BCUT2D eigenvalue weighted by Crippen LogP contribution is 2.09. The Kier molecular flexibility index (Phi) is 1.58. The van der Waals surface area contributed by atoms with Crippen LogP contribution in [-0.2, 0) is 12.2 Å². The van der Waals surface area contributed by atoms with Crippen molar-refractivity contribution >= 4 is 18.0 Å². The van der Waals surface area contributed by atoms with E-state index in [1.807, 2.05) is 0 Å². The van der Waals surface area contributed by atoms with Crippen LogP contribution in [0, 0.1) is 4.77 Å². The van der Waals surface area contributed by atoms with E-state index in [1.54, 1.807) is 7.05 Å². The van der Waals surface area contributed by atoms with Gasteiger partial charge in [0.1, 0.15) is 5.82 Å². The second kappa shape index (κ2) is 2.26. The van der Waals surface area contributed by atoms with Crippen molar-refractivity contribution < 1.29 is 5.11 Å². The molecule has 0 bridgehead atoms. The molecule has 53 valence electrons. The fourth-order valence-electron chi connectivity index (χ4n) is 0.535. The van der Waals surface area contributed by atoms with Crippen LogP contribution in [0.4, 0.5) is 5.82 Å². The molecule has 4 nitrogen and oxygen atoms in total. The van der Waals surface area contributed by atoms with Crippen LogP contribution < -0.4 is 5.73 Å². The zero-order valence-corrected chi connectivity index (χ0v) is 6.18. The molecule has 5 heteroatoms. The molecule has 0 unspecified atom stereocenters. The lowest BCUT2D eigenvalue weighted by atomic mass is 10.5. The first kappa shape index (κ1) is 7.01. The third kappa shape index (κ3) is 1.08. The lowest BCUT2D eigenvalue weighted by molar-refractivity contribution is 0.335. The minimum Gasteiger partial charge on any atom is -0.385 e. The zero-order chi connectivity index (χ0) is 7.72. The van der Waals surface area contributed by atoms with Crippen molar-refractivity contribution in [3.05, 3.63) is 10.8 Å². The van der Waals surface area contributed by atoms with Gasteiger partial charge in [0, 0.05) is 13.1 Å². The van der Waals surface area contributed by atoms with Crippen LogP contribution in [0.15, 0.2) is 6.07 Å². The van der Waals surface area contributed by atoms with Gasteiger partial charge >= 0.3 is 0 Å². The minimum absolute atomic E-state index is 0.213. The summed E-state index contributed by atoms with van der Waals surface area (Å²) in [6, 6.07) is 1.23. The Bertz CT molecular complexity index is 306. The molecule has 0 aromatic carbocycles. The topological polar surface area (TPSA) is 63.7 Å². The number of nitrogen functional groups attached to an aromatic ring is 1. The molecule has 10 heavy (non-hydrogen) atoms. The fourth-order valence-corrected chi connectivity index (χ4v) is 0.731. The molecule has 0 saturated carbocycles. The van der Waals surface area contributed by atoms with E-state index >= 15 is 0 Å². The van der Waals surface area contributed by atoms with Gasteiger partial charge in [-0.2, -0.15) is 4.98 Å². The molecule has 1 aromatic heterocycles. The molecule has 0 fully saturated rings. The highest BCUT2D eigenvalue weighted by atomic mass is 32.1. The second-order valence-corrected chi connectivity index (χ2v) is 2.23. The third-order valence-corrected chi connectivity index (χ3v) is 1.52. The maximum atomic E-state index is 10.6. The van der Waals surface area contributed by atoms with Gasteiger partial charge in [0.05, 0.1) is 0 Å². The summed E-state index contributed by atoms with van der Waals surface area (Å²) in [7, 11) is 1.66. The van der Waals surface area contributed by atoms with Gasteiger partial charge in [-0.3, -0.25) is 5.11 Å². The second-order valence-electron chi connectivity index (χ2n) is 1.86. The Morgan fingerprint density at radius 2 is 2.40 bits per heavy atom. The van der Waals surface area contributed by atoms with Gasteiger partial charge in [0.25, 0.3) is 5.88 Å². The summed E-state index contributed by atoms with van der Waals surface area (Å²) in [5.41, 5.74) is 5.38. The molecular weight excluding hydrogens is 150 g/mol. The summed E-state index contributed by atoms with van der Waals surface area (Å²) < 4.78 is 1.68. The van der Waals surface area contributed by atoms with E-state index in [0.29, 0.717) is 5.82 Å². The predicted octanol–water partition coefficient (Wildman–Crippen LogP) is 0.876. The summed E-state index contributed by atoms with van der Waals surface area (Å²) in [4.78, 5) is 3.48. The molecule has 0 spiro atoms. The summed E-state index contributed by atoms with van der Waals surface area (Å²) >= 11 is 4.70.